The summed E-state index contributed by atoms with van der Waals surface area (Å²) in [5, 5.41) is 9.23. The summed E-state index contributed by atoms with van der Waals surface area (Å²) in [5.41, 5.74) is 4.96. The van der Waals surface area contributed by atoms with Crippen molar-refractivity contribution < 1.29 is 18.9 Å². The second-order valence-corrected chi connectivity index (χ2v) is 7.24. The van der Waals surface area contributed by atoms with Crippen LogP contribution in [0, 0.1) is 32.4 Å². The zero-order valence-electron chi connectivity index (χ0n) is 17.0. The lowest BCUT2D eigenvalue weighted by molar-refractivity contribution is -0.682. The van der Waals surface area contributed by atoms with E-state index < -0.39 is 11.6 Å². The number of hydrogen-bond donors (Lipinski definition) is 2. The highest BCUT2D eigenvalue weighted by atomic mass is 19.2. The van der Waals surface area contributed by atoms with Gasteiger partial charge in [0.05, 0.1) is 22.8 Å². The van der Waals surface area contributed by atoms with E-state index in [1.54, 1.807) is 10.00 Å². The van der Waals surface area contributed by atoms with Crippen LogP contribution in [0.4, 0.5) is 14.5 Å². The second kappa shape index (κ2) is 8.53. The average Bonchev–Trinajstić information content (AvgIpc) is 2.97. The van der Waals surface area contributed by atoms with Crippen LogP contribution in [0.5, 0.6) is 0 Å². The van der Waals surface area contributed by atoms with Crippen LogP contribution in [0.1, 0.15) is 35.5 Å². The first-order valence-electron chi connectivity index (χ1n) is 9.47. The van der Waals surface area contributed by atoms with E-state index in [0.717, 1.165) is 34.8 Å². The maximum Gasteiger partial charge on any atom is 0.279 e. The van der Waals surface area contributed by atoms with Crippen molar-refractivity contribution in [1.82, 2.24) is 9.78 Å². The van der Waals surface area contributed by atoms with Gasteiger partial charge in [0.25, 0.3) is 5.91 Å². The van der Waals surface area contributed by atoms with Gasteiger partial charge in [0.2, 0.25) is 0 Å². The molecule has 1 amide bonds. The molecule has 1 heterocycles. The molecule has 29 heavy (non-hydrogen) atoms. The van der Waals surface area contributed by atoms with Crippen LogP contribution in [-0.2, 0) is 4.79 Å². The van der Waals surface area contributed by atoms with E-state index in [2.05, 4.69) is 10.4 Å². The topological polar surface area (TPSA) is 63.5 Å². The summed E-state index contributed by atoms with van der Waals surface area (Å²) >= 11 is 0. The molecule has 7 heteroatoms. The molecule has 0 aliphatic rings. The summed E-state index contributed by atoms with van der Waals surface area (Å²) in [7, 11) is 0. The maximum absolute atomic E-state index is 13.4. The van der Waals surface area contributed by atoms with Gasteiger partial charge in [0.1, 0.15) is 6.04 Å². The Balaban J connectivity index is 1.66. The third kappa shape index (κ3) is 4.68. The van der Waals surface area contributed by atoms with Gasteiger partial charge in [-0.25, -0.2) is 13.5 Å². The molecule has 0 saturated carbocycles. The van der Waals surface area contributed by atoms with E-state index in [1.807, 2.05) is 52.0 Å². The Bertz CT molecular complexity index is 1030. The van der Waals surface area contributed by atoms with Gasteiger partial charge in [-0.3, -0.25) is 4.79 Å². The number of amides is 1. The molecular formula is C22H25F2N4O+. The number of hydrogen-bond acceptors (Lipinski definition) is 2. The first kappa shape index (κ1) is 20.7. The standard InChI is InChI=1S/C22H24F2N4O/c1-13-5-8-18(9-6-13)28-16(4)22(15(3)27-28)26-21(29)12-25-14(2)17-7-10-19(23)20(24)11-17/h5-11,14,25H,12H2,1-4H3,(H,26,29)/p+1/t14-/m0/s1. The summed E-state index contributed by atoms with van der Waals surface area (Å²) in [5.74, 6) is -1.95. The van der Waals surface area contributed by atoms with Crippen molar-refractivity contribution in [2.45, 2.75) is 33.7 Å². The summed E-state index contributed by atoms with van der Waals surface area (Å²) in [6.45, 7) is 7.76. The first-order chi connectivity index (χ1) is 13.8. The van der Waals surface area contributed by atoms with Gasteiger partial charge >= 0.3 is 0 Å². The summed E-state index contributed by atoms with van der Waals surface area (Å²) in [6.07, 6.45) is 0. The lowest BCUT2D eigenvalue weighted by Crippen LogP contribution is -2.86. The minimum atomic E-state index is -0.887. The van der Waals surface area contributed by atoms with E-state index in [9.17, 15) is 13.6 Å². The lowest BCUT2D eigenvalue weighted by Gasteiger charge is -2.12. The quantitative estimate of drug-likeness (QED) is 0.668. The Morgan fingerprint density at radius 1 is 1.10 bits per heavy atom. The van der Waals surface area contributed by atoms with Crippen molar-refractivity contribution in [2.75, 3.05) is 11.9 Å². The fourth-order valence-corrected chi connectivity index (χ4v) is 3.17. The lowest BCUT2D eigenvalue weighted by atomic mass is 10.1. The Morgan fingerprint density at radius 2 is 1.79 bits per heavy atom. The highest BCUT2D eigenvalue weighted by Crippen LogP contribution is 2.23. The average molecular weight is 399 g/mol. The van der Waals surface area contributed by atoms with Gasteiger partial charge in [-0.05, 0) is 58.0 Å². The fraction of sp³-hybridized carbons (Fsp3) is 0.273. The highest BCUT2D eigenvalue weighted by Gasteiger charge is 2.18. The number of nitrogens with zero attached hydrogens (tertiary/aromatic N) is 2. The molecule has 0 unspecified atom stereocenters. The number of nitrogens with two attached hydrogens (primary N) is 1. The van der Waals surface area contributed by atoms with E-state index in [-0.39, 0.29) is 18.5 Å². The predicted molar refractivity (Wildman–Crippen MR) is 108 cm³/mol. The minimum Gasteiger partial charge on any atom is -0.333 e. The third-order valence-corrected chi connectivity index (χ3v) is 4.96. The SMILES string of the molecule is Cc1ccc(-n2nc(C)c(NC(=O)C[NH2+][C@@H](C)c3ccc(F)c(F)c3)c2C)cc1. The zero-order valence-corrected chi connectivity index (χ0v) is 17.0. The minimum absolute atomic E-state index is 0.148. The molecule has 1 aromatic heterocycles. The van der Waals surface area contributed by atoms with Crippen molar-refractivity contribution in [3.8, 4) is 5.69 Å². The Kier molecular flexibility index (Phi) is 6.08. The monoisotopic (exact) mass is 399 g/mol. The first-order valence-corrected chi connectivity index (χ1v) is 9.47. The summed E-state index contributed by atoms with van der Waals surface area (Å²) in [6, 6.07) is 11.6. The predicted octanol–water partition coefficient (Wildman–Crippen LogP) is 3.34. The number of carbonyl (C=O) groups is 1. The smallest absolute Gasteiger partial charge is 0.279 e. The Labute approximate surface area is 168 Å². The molecule has 3 rings (SSSR count). The molecule has 0 aliphatic carbocycles. The van der Waals surface area contributed by atoms with E-state index in [0.29, 0.717) is 11.3 Å². The van der Waals surface area contributed by atoms with Gasteiger partial charge in [-0.15, -0.1) is 0 Å². The van der Waals surface area contributed by atoms with Gasteiger partial charge in [-0.1, -0.05) is 17.7 Å². The van der Waals surface area contributed by atoms with Crippen molar-refractivity contribution in [3.05, 3.63) is 76.6 Å². The molecule has 0 radical (unpaired) electrons. The van der Waals surface area contributed by atoms with E-state index >= 15 is 0 Å². The molecule has 0 aliphatic heterocycles. The van der Waals surface area contributed by atoms with Crippen LogP contribution in [0.15, 0.2) is 42.5 Å². The molecule has 3 N–H and O–H groups in total. The molecule has 0 spiro atoms. The normalized spacial score (nSPS) is 12.1. The van der Waals surface area contributed by atoms with Crippen LogP contribution in [0.3, 0.4) is 0 Å². The van der Waals surface area contributed by atoms with Crippen molar-refractivity contribution >= 4 is 11.6 Å². The number of aryl methyl sites for hydroxylation is 2. The number of carbonyl (C=O) groups excluding carboxylic acids is 1. The van der Waals surface area contributed by atoms with Gasteiger partial charge in [0.15, 0.2) is 18.2 Å². The van der Waals surface area contributed by atoms with Crippen molar-refractivity contribution in [2.24, 2.45) is 0 Å². The van der Waals surface area contributed by atoms with E-state index in [1.165, 1.54) is 6.07 Å². The van der Waals surface area contributed by atoms with Crippen LogP contribution in [0.2, 0.25) is 0 Å². The van der Waals surface area contributed by atoms with Gasteiger partial charge in [0, 0.05) is 5.56 Å². The Hall–Kier alpha value is -3.06. The van der Waals surface area contributed by atoms with Crippen LogP contribution in [-0.4, -0.2) is 22.2 Å². The van der Waals surface area contributed by atoms with Crippen LogP contribution < -0.4 is 10.6 Å². The molecule has 3 aromatic rings. The van der Waals surface area contributed by atoms with Crippen molar-refractivity contribution in [1.29, 1.82) is 0 Å². The molecular weight excluding hydrogens is 374 g/mol. The Morgan fingerprint density at radius 3 is 2.45 bits per heavy atom. The van der Waals surface area contributed by atoms with Gasteiger partial charge in [-0.2, -0.15) is 5.10 Å². The van der Waals surface area contributed by atoms with Crippen LogP contribution in [0.25, 0.3) is 5.69 Å². The molecule has 1 atom stereocenters. The number of rotatable bonds is 6. The summed E-state index contributed by atoms with van der Waals surface area (Å²) in [4.78, 5) is 12.5. The van der Waals surface area contributed by atoms with E-state index in [4.69, 9.17) is 0 Å². The maximum atomic E-state index is 13.4. The third-order valence-electron chi connectivity index (χ3n) is 4.96. The molecule has 0 saturated heterocycles. The molecule has 0 bridgehead atoms. The molecule has 5 nitrogen and oxygen atoms in total. The number of nitrogens with one attached hydrogen (secondary N) is 1. The highest BCUT2D eigenvalue weighted by molar-refractivity contribution is 5.92. The van der Waals surface area contributed by atoms with Crippen molar-refractivity contribution in [3.63, 3.8) is 0 Å². The molecule has 0 fully saturated rings. The largest absolute Gasteiger partial charge is 0.333 e. The molecule has 152 valence electrons. The van der Waals surface area contributed by atoms with Crippen LogP contribution >= 0.6 is 0 Å². The molecule has 2 aromatic carbocycles. The number of anilines is 1. The number of quaternary nitrogens is 1. The number of benzene rings is 2. The number of halogens is 2. The van der Waals surface area contributed by atoms with Gasteiger partial charge < -0.3 is 10.6 Å². The second-order valence-electron chi connectivity index (χ2n) is 7.24. The summed E-state index contributed by atoms with van der Waals surface area (Å²) < 4.78 is 28.3. The zero-order chi connectivity index (χ0) is 21.1. The fourth-order valence-electron chi connectivity index (χ4n) is 3.17. The number of aromatic nitrogens is 2.